The van der Waals surface area contributed by atoms with Gasteiger partial charge < -0.3 is 20.5 Å². The number of aromatic nitrogens is 1. The predicted molar refractivity (Wildman–Crippen MR) is 126 cm³/mol. The molecule has 1 fully saturated rings. The van der Waals surface area contributed by atoms with Crippen molar-refractivity contribution in [3.05, 3.63) is 54.9 Å². The van der Waals surface area contributed by atoms with Crippen molar-refractivity contribution in [1.82, 2.24) is 14.8 Å². The second-order valence-corrected chi connectivity index (χ2v) is 8.24. The summed E-state index contributed by atoms with van der Waals surface area (Å²) in [7, 11) is 0. The molecule has 1 amide bonds. The molecule has 3 N–H and O–H groups in total. The topological polar surface area (TPSA) is 91.9 Å². The van der Waals surface area contributed by atoms with Crippen LogP contribution in [-0.2, 0) is 4.79 Å². The number of rotatable bonds is 6. The first kappa shape index (κ1) is 22.0. The van der Waals surface area contributed by atoms with Crippen molar-refractivity contribution < 1.29 is 14.6 Å². The highest BCUT2D eigenvalue weighted by atomic mass is 16.5. The summed E-state index contributed by atoms with van der Waals surface area (Å²) < 4.78 is 6.05. The van der Waals surface area contributed by atoms with E-state index in [1.165, 1.54) is 0 Å². The highest BCUT2D eigenvalue weighted by Gasteiger charge is 2.19. The van der Waals surface area contributed by atoms with Gasteiger partial charge in [-0.15, -0.1) is 0 Å². The Morgan fingerprint density at radius 2 is 1.91 bits per heavy atom. The first-order valence-corrected chi connectivity index (χ1v) is 11.0. The molecule has 0 aliphatic carbocycles. The van der Waals surface area contributed by atoms with E-state index in [1.807, 2.05) is 41.3 Å². The van der Waals surface area contributed by atoms with Crippen LogP contribution in [0, 0.1) is 0 Å². The maximum Gasteiger partial charge on any atom is 0.219 e. The summed E-state index contributed by atoms with van der Waals surface area (Å²) in [6, 6.07) is 13.7. The third kappa shape index (κ3) is 5.00. The van der Waals surface area contributed by atoms with Crippen molar-refractivity contribution in [2.45, 2.75) is 19.4 Å². The lowest BCUT2D eigenvalue weighted by Gasteiger charge is -2.24. The van der Waals surface area contributed by atoms with Gasteiger partial charge in [0, 0.05) is 62.1 Å². The number of β-amino-alcohol motifs (C(OH)–C–C–N with tert-alkyl or cyclic N) is 1. The van der Waals surface area contributed by atoms with Crippen LogP contribution in [0.5, 0.6) is 5.75 Å². The maximum absolute atomic E-state index is 11.6. The summed E-state index contributed by atoms with van der Waals surface area (Å²) in [6.45, 7) is 5.44. The van der Waals surface area contributed by atoms with Gasteiger partial charge in [0.05, 0.1) is 0 Å². The Kier molecular flexibility index (Phi) is 6.87. The molecule has 7 heteroatoms. The molecule has 168 valence electrons. The molecule has 0 saturated carbocycles. The molecule has 32 heavy (non-hydrogen) atoms. The number of ether oxygens (including phenoxy) is 1. The molecule has 1 aromatic heterocycles. The van der Waals surface area contributed by atoms with Gasteiger partial charge in [0.1, 0.15) is 18.5 Å². The first-order chi connectivity index (χ1) is 15.5. The summed E-state index contributed by atoms with van der Waals surface area (Å²) in [5.74, 6) is 0.837. The van der Waals surface area contributed by atoms with Gasteiger partial charge in [-0.05, 0) is 42.1 Å². The average Bonchev–Trinajstić information content (AvgIpc) is 3.04. The molecule has 1 aliphatic rings. The number of aliphatic hydroxyl groups excluding tert-OH is 1. The number of nitrogen functional groups attached to an aromatic ring is 1. The smallest absolute Gasteiger partial charge is 0.219 e. The fraction of sp³-hybridized carbons (Fsp3) is 0.360. The van der Waals surface area contributed by atoms with Crippen LogP contribution in [0.2, 0.25) is 0 Å². The van der Waals surface area contributed by atoms with Crippen LogP contribution in [0.15, 0.2) is 54.9 Å². The zero-order valence-corrected chi connectivity index (χ0v) is 18.4. The Balaban J connectivity index is 1.44. The van der Waals surface area contributed by atoms with Crippen LogP contribution in [0.4, 0.5) is 5.69 Å². The number of pyridine rings is 1. The minimum absolute atomic E-state index is 0.110. The zero-order chi connectivity index (χ0) is 22.5. The summed E-state index contributed by atoms with van der Waals surface area (Å²) in [5.41, 5.74) is 8.73. The van der Waals surface area contributed by atoms with Gasteiger partial charge >= 0.3 is 0 Å². The number of amides is 1. The minimum atomic E-state index is -0.619. The Morgan fingerprint density at radius 3 is 2.69 bits per heavy atom. The number of aliphatic hydroxyl groups is 1. The van der Waals surface area contributed by atoms with Crippen molar-refractivity contribution >= 4 is 22.4 Å². The van der Waals surface area contributed by atoms with E-state index in [-0.39, 0.29) is 12.5 Å². The summed E-state index contributed by atoms with van der Waals surface area (Å²) in [4.78, 5) is 19.9. The van der Waals surface area contributed by atoms with Gasteiger partial charge in [0.15, 0.2) is 0 Å². The fourth-order valence-corrected chi connectivity index (χ4v) is 4.27. The Bertz CT molecular complexity index is 1090. The molecule has 7 nitrogen and oxygen atoms in total. The van der Waals surface area contributed by atoms with Gasteiger partial charge in [0.2, 0.25) is 5.91 Å². The number of carbonyl (C=O) groups is 1. The van der Waals surface area contributed by atoms with Crippen molar-refractivity contribution in [1.29, 1.82) is 0 Å². The van der Waals surface area contributed by atoms with E-state index in [2.05, 4.69) is 9.88 Å². The molecular weight excluding hydrogens is 404 g/mol. The zero-order valence-electron chi connectivity index (χ0n) is 18.4. The Hall–Kier alpha value is -3.16. The molecule has 1 saturated heterocycles. The van der Waals surface area contributed by atoms with E-state index in [4.69, 9.17) is 10.5 Å². The van der Waals surface area contributed by atoms with Crippen LogP contribution >= 0.6 is 0 Å². The number of carbonyl (C=O) groups excluding carboxylic acids is 1. The van der Waals surface area contributed by atoms with Crippen LogP contribution < -0.4 is 10.5 Å². The van der Waals surface area contributed by atoms with Gasteiger partial charge in [0.25, 0.3) is 0 Å². The summed E-state index contributed by atoms with van der Waals surface area (Å²) >= 11 is 0. The van der Waals surface area contributed by atoms with E-state index >= 15 is 0 Å². The van der Waals surface area contributed by atoms with Crippen LogP contribution in [0.3, 0.4) is 0 Å². The molecule has 0 radical (unpaired) electrons. The number of hydrogen-bond acceptors (Lipinski definition) is 6. The van der Waals surface area contributed by atoms with Crippen LogP contribution in [0.25, 0.3) is 21.9 Å². The number of nitrogens with two attached hydrogens (primary N) is 1. The normalized spacial score (nSPS) is 16.0. The van der Waals surface area contributed by atoms with Gasteiger partial charge in [-0.1, -0.05) is 24.3 Å². The van der Waals surface area contributed by atoms with E-state index in [9.17, 15) is 9.90 Å². The van der Waals surface area contributed by atoms with Crippen LogP contribution in [0.1, 0.15) is 13.3 Å². The summed E-state index contributed by atoms with van der Waals surface area (Å²) in [5, 5.41) is 12.6. The van der Waals surface area contributed by atoms with Crippen molar-refractivity contribution in [3.63, 3.8) is 0 Å². The summed E-state index contributed by atoms with van der Waals surface area (Å²) in [6.07, 6.45) is 3.75. The lowest BCUT2D eigenvalue weighted by Crippen LogP contribution is -2.38. The third-order valence-electron chi connectivity index (χ3n) is 5.96. The lowest BCUT2D eigenvalue weighted by atomic mass is 9.98. The molecular formula is C25H30N4O3. The van der Waals surface area contributed by atoms with Gasteiger partial charge in [-0.25, -0.2) is 0 Å². The molecule has 2 aromatic carbocycles. The maximum atomic E-state index is 11.6. The number of fused-ring (bicyclic) bond motifs is 1. The minimum Gasteiger partial charge on any atom is -0.490 e. The molecule has 0 bridgehead atoms. The average molecular weight is 435 g/mol. The number of nitrogens with zero attached hydrogens (tertiary/aromatic N) is 3. The standard InChI is InChI=1S/C25H30N4O3/c1-18(30)29-12-4-11-28(13-14-29)16-19(31)17-32-25-8-7-21(20-5-2-3-6-22(20)25)23-15-27-10-9-24(23)26/h2-3,5-10,15,19,31H,4,11-14,16-17H2,1H3,(H2,26,27). The van der Waals surface area contributed by atoms with Crippen molar-refractivity contribution in [2.24, 2.45) is 0 Å². The van der Waals surface area contributed by atoms with E-state index in [0.29, 0.717) is 18.8 Å². The molecule has 3 aromatic rings. The van der Waals surface area contributed by atoms with Crippen LogP contribution in [-0.4, -0.2) is 71.2 Å². The van der Waals surface area contributed by atoms with Gasteiger partial charge in [-0.3, -0.25) is 14.7 Å². The molecule has 1 atom stereocenters. The number of hydrogen-bond donors (Lipinski definition) is 2. The van der Waals surface area contributed by atoms with E-state index in [0.717, 1.165) is 53.7 Å². The Morgan fingerprint density at radius 1 is 1.09 bits per heavy atom. The lowest BCUT2D eigenvalue weighted by molar-refractivity contribution is -0.128. The molecule has 0 spiro atoms. The van der Waals surface area contributed by atoms with Crippen molar-refractivity contribution in [2.75, 3.05) is 45.1 Å². The predicted octanol–water partition coefficient (Wildman–Crippen LogP) is 2.78. The second-order valence-electron chi connectivity index (χ2n) is 8.24. The number of anilines is 1. The SMILES string of the molecule is CC(=O)N1CCCN(CC(O)COc2ccc(-c3cnccc3N)c3ccccc23)CC1. The molecule has 2 heterocycles. The fourth-order valence-electron chi connectivity index (χ4n) is 4.27. The quantitative estimate of drug-likeness (QED) is 0.620. The highest BCUT2D eigenvalue weighted by Crippen LogP contribution is 2.36. The van der Waals surface area contributed by atoms with Crippen molar-refractivity contribution in [3.8, 4) is 16.9 Å². The molecule has 1 aliphatic heterocycles. The largest absolute Gasteiger partial charge is 0.490 e. The number of benzene rings is 2. The Labute approximate surface area is 188 Å². The first-order valence-electron chi connectivity index (χ1n) is 11.0. The highest BCUT2D eigenvalue weighted by molar-refractivity contribution is 6.01. The van der Waals surface area contributed by atoms with E-state index < -0.39 is 6.10 Å². The van der Waals surface area contributed by atoms with E-state index in [1.54, 1.807) is 25.4 Å². The van der Waals surface area contributed by atoms with Gasteiger partial charge in [-0.2, -0.15) is 0 Å². The molecule has 1 unspecified atom stereocenters. The third-order valence-corrected chi connectivity index (χ3v) is 5.96. The monoisotopic (exact) mass is 434 g/mol. The second kappa shape index (κ2) is 9.97. The molecule has 4 rings (SSSR count).